The summed E-state index contributed by atoms with van der Waals surface area (Å²) in [5.41, 5.74) is 0.771. The lowest BCUT2D eigenvalue weighted by atomic mass is 10.1. The number of amides is 1. The summed E-state index contributed by atoms with van der Waals surface area (Å²) < 4.78 is 0. The van der Waals surface area contributed by atoms with Crippen molar-refractivity contribution < 1.29 is 9.72 Å². The molecular weight excluding hydrogens is 318 g/mol. The van der Waals surface area contributed by atoms with Crippen LogP contribution in [-0.4, -0.2) is 41.9 Å². The molecule has 0 bridgehead atoms. The molecule has 1 saturated heterocycles. The maximum absolute atomic E-state index is 12.1. The molecule has 126 valence electrons. The maximum Gasteiger partial charge on any atom is 0.271 e. The number of rotatable bonds is 5. The molecule has 1 heterocycles. The molecule has 0 radical (unpaired) electrons. The Hall–Kier alpha value is -1.82. The number of nitrogens with zero attached hydrogens (tertiary/aromatic N) is 3. The minimum Gasteiger partial charge on any atom is -0.367 e. The first-order chi connectivity index (χ1) is 10.9. The normalized spacial score (nSPS) is 15.1. The van der Waals surface area contributed by atoms with Crippen molar-refractivity contribution in [1.82, 2.24) is 4.90 Å². The van der Waals surface area contributed by atoms with E-state index in [1.54, 1.807) is 6.07 Å². The van der Waals surface area contributed by atoms with Crippen LogP contribution in [0.4, 0.5) is 11.4 Å². The fourth-order valence-corrected chi connectivity index (χ4v) is 2.93. The molecule has 1 aromatic carbocycles. The van der Waals surface area contributed by atoms with Gasteiger partial charge in [0.25, 0.3) is 5.69 Å². The van der Waals surface area contributed by atoms with E-state index in [1.165, 1.54) is 12.1 Å². The van der Waals surface area contributed by atoms with Crippen LogP contribution in [0.3, 0.4) is 0 Å². The average Bonchev–Trinajstić information content (AvgIpc) is 2.52. The van der Waals surface area contributed by atoms with Gasteiger partial charge in [0.2, 0.25) is 5.91 Å². The Morgan fingerprint density at radius 1 is 1.30 bits per heavy atom. The van der Waals surface area contributed by atoms with E-state index in [2.05, 4.69) is 18.7 Å². The summed E-state index contributed by atoms with van der Waals surface area (Å²) in [5.74, 6) is 0.729. The zero-order valence-corrected chi connectivity index (χ0v) is 14.3. The fourth-order valence-electron chi connectivity index (χ4n) is 2.63. The van der Waals surface area contributed by atoms with Crippen molar-refractivity contribution in [2.75, 3.05) is 31.1 Å². The number of carbonyl (C=O) groups is 1. The molecular formula is C16H22ClN3O3. The Kier molecular flexibility index (Phi) is 5.82. The summed E-state index contributed by atoms with van der Waals surface area (Å²) >= 11 is 6.16. The first kappa shape index (κ1) is 17.5. The Morgan fingerprint density at radius 3 is 2.48 bits per heavy atom. The minimum absolute atomic E-state index is 0.0127. The number of nitro groups is 1. The monoisotopic (exact) mass is 339 g/mol. The first-order valence-electron chi connectivity index (χ1n) is 7.85. The molecule has 7 heteroatoms. The third-order valence-corrected chi connectivity index (χ3v) is 4.35. The number of piperazine rings is 1. The van der Waals surface area contributed by atoms with Gasteiger partial charge in [0.05, 0.1) is 15.6 Å². The Balaban J connectivity index is 1.94. The van der Waals surface area contributed by atoms with Crippen LogP contribution in [0, 0.1) is 16.0 Å². The fraction of sp³-hybridized carbons (Fsp3) is 0.562. The van der Waals surface area contributed by atoms with Crippen molar-refractivity contribution in [1.29, 1.82) is 0 Å². The number of benzene rings is 1. The number of hydrogen-bond acceptors (Lipinski definition) is 4. The molecule has 1 fully saturated rings. The van der Waals surface area contributed by atoms with Gasteiger partial charge in [-0.1, -0.05) is 25.4 Å². The number of carbonyl (C=O) groups excluding carboxylic acids is 1. The van der Waals surface area contributed by atoms with Crippen molar-refractivity contribution in [2.45, 2.75) is 26.7 Å². The van der Waals surface area contributed by atoms with E-state index in [4.69, 9.17) is 11.6 Å². The van der Waals surface area contributed by atoms with Crippen LogP contribution in [-0.2, 0) is 4.79 Å². The molecule has 23 heavy (non-hydrogen) atoms. The summed E-state index contributed by atoms with van der Waals surface area (Å²) in [7, 11) is 0. The van der Waals surface area contributed by atoms with Crippen LogP contribution in [0.1, 0.15) is 26.7 Å². The van der Waals surface area contributed by atoms with Crippen molar-refractivity contribution in [3.63, 3.8) is 0 Å². The van der Waals surface area contributed by atoms with Crippen molar-refractivity contribution in [2.24, 2.45) is 5.92 Å². The number of non-ortho nitro benzene ring substituents is 1. The summed E-state index contributed by atoms with van der Waals surface area (Å²) in [6, 6.07) is 4.51. The molecule has 2 rings (SSSR count). The van der Waals surface area contributed by atoms with Gasteiger partial charge in [0.15, 0.2) is 0 Å². The van der Waals surface area contributed by atoms with Crippen molar-refractivity contribution in [3.05, 3.63) is 33.3 Å². The SMILES string of the molecule is CC(C)CCC(=O)N1CCN(c2ccc([N+](=O)[O-])cc2Cl)CC1. The van der Waals surface area contributed by atoms with E-state index in [9.17, 15) is 14.9 Å². The summed E-state index contributed by atoms with van der Waals surface area (Å²) in [6.07, 6.45) is 1.50. The van der Waals surface area contributed by atoms with Crippen molar-refractivity contribution in [3.8, 4) is 0 Å². The third kappa shape index (κ3) is 4.58. The highest BCUT2D eigenvalue weighted by Crippen LogP contribution is 2.30. The summed E-state index contributed by atoms with van der Waals surface area (Å²) in [5, 5.41) is 11.1. The van der Waals surface area contributed by atoms with Gasteiger partial charge in [-0.05, 0) is 18.4 Å². The molecule has 0 unspecified atom stereocenters. The lowest BCUT2D eigenvalue weighted by molar-refractivity contribution is -0.384. The predicted octanol–water partition coefficient (Wildman–Crippen LogP) is 3.33. The lowest BCUT2D eigenvalue weighted by Gasteiger charge is -2.36. The summed E-state index contributed by atoms with van der Waals surface area (Å²) in [4.78, 5) is 26.4. The van der Waals surface area contributed by atoms with Gasteiger partial charge in [0, 0.05) is 44.7 Å². The van der Waals surface area contributed by atoms with E-state index < -0.39 is 4.92 Å². The number of halogens is 1. The molecule has 0 aliphatic carbocycles. The molecule has 6 nitrogen and oxygen atoms in total. The molecule has 0 spiro atoms. The topological polar surface area (TPSA) is 66.7 Å². The molecule has 1 aliphatic rings. The van der Waals surface area contributed by atoms with Gasteiger partial charge in [0.1, 0.15) is 0 Å². The van der Waals surface area contributed by atoms with E-state index in [-0.39, 0.29) is 11.6 Å². The van der Waals surface area contributed by atoms with Gasteiger partial charge in [-0.15, -0.1) is 0 Å². The van der Waals surface area contributed by atoms with E-state index in [0.29, 0.717) is 43.5 Å². The highest BCUT2D eigenvalue weighted by atomic mass is 35.5. The highest BCUT2D eigenvalue weighted by molar-refractivity contribution is 6.33. The molecule has 1 aliphatic heterocycles. The zero-order chi connectivity index (χ0) is 17.0. The standard InChI is InChI=1S/C16H22ClN3O3/c1-12(2)3-6-16(21)19-9-7-18(8-10-19)15-5-4-13(20(22)23)11-14(15)17/h4-5,11-12H,3,6-10H2,1-2H3. The van der Waals surface area contributed by atoms with Crippen molar-refractivity contribution >= 4 is 28.9 Å². The molecule has 1 amide bonds. The van der Waals surface area contributed by atoms with Gasteiger partial charge < -0.3 is 9.80 Å². The summed E-state index contributed by atoms with van der Waals surface area (Å²) in [6.45, 7) is 6.91. The van der Waals surface area contributed by atoms with Crippen LogP contribution in [0.15, 0.2) is 18.2 Å². The molecule has 0 atom stereocenters. The van der Waals surface area contributed by atoms with Crippen LogP contribution < -0.4 is 4.90 Å². The zero-order valence-electron chi connectivity index (χ0n) is 13.5. The Morgan fingerprint density at radius 2 is 1.96 bits per heavy atom. The van der Waals surface area contributed by atoms with Crippen LogP contribution in [0.2, 0.25) is 5.02 Å². The van der Waals surface area contributed by atoms with Gasteiger partial charge in [-0.3, -0.25) is 14.9 Å². The largest absolute Gasteiger partial charge is 0.367 e. The average molecular weight is 340 g/mol. The minimum atomic E-state index is -0.457. The number of nitro benzene ring substituents is 1. The first-order valence-corrected chi connectivity index (χ1v) is 8.23. The van der Waals surface area contributed by atoms with Crippen LogP contribution >= 0.6 is 11.6 Å². The van der Waals surface area contributed by atoms with E-state index in [1.807, 2.05) is 4.90 Å². The lowest BCUT2D eigenvalue weighted by Crippen LogP contribution is -2.48. The number of hydrogen-bond donors (Lipinski definition) is 0. The van der Waals surface area contributed by atoms with Gasteiger partial charge in [-0.2, -0.15) is 0 Å². The molecule has 0 saturated carbocycles. The van der Waals surface area contributed by atoms with Gasteiger partial charge >= 0.3 is 0 Å². The smallest absolute Gasteiger partial charge is 0.271 e. The third-order valence-electron chi connectivity index (χ3n) is 4.05. The quantitative estimate of drug-likeness (QED) is 0.609. The Labute approximate surface area is 141 Å². The Bertz CT molecular complexity index is 584. The second-order valence-electron chi connectivity index (χ2n) is 6.19. The predicted molar refractivity (Wildman–Crippen MR) is 91.0 cm³/mol. The van der Waals surface area contributed by atoms with Gasteiger partial charge in [-0.25, -0.2) is 0 Å². The maximum atomic E-state index is 12.1. The van der Waals surface area contributed by atoms with E-state index >= 15 is 0 Å². The van der Waals surface area contributed by atoms with E-state index in [0.717, 1.165) is 12.1 Å². The second-order valence-corrected chi connectivity index (χ2v) is 6.60. The molecule has 0 aromatic heterocycles. The van der Waals surface area contributed by atoms with Crippen LogP contribution in [0.5, 0.6) is 0 Å². The second kappa shape index (κ2) is 7.64. The molecule has 0 N–H and O–H groups in total. The molecule has 1 aromatic rings. The van der Waals surface area contributed by atoms with Crippen LogP contribution in [0.25, 0.3) is 0 Å². The highest BCUT2D eigenvalue weighted by Gasteiger charge is 2.23. The number of anilines is 1.